The van der Waals surface area contributed by atoms with Crippen molar-refractivity contribution in [3.63, 3.8) is 0 Å². The van der Waals surface area contributed by atoms with Crippen molar-refractivity contribution in [2.45, 2.75) is 50.0 Å². The van der Waals surface area contributed by atoms with Gasteiger partial charge in [-0.25, -0.2) is 12.8 Å². The summed E-state index contributed by atoms with van der Waals surface area (Å²) in [5.74, 6) is -1.09. The van der Waals surface area contributed by atoms with Crippen LogP contribution in [0, 0.1) is 11.7 Å². The number of benzene rings is 2. The second-order valence-electron chi connectivity index (χ2n) is 8.10. The first kappa shape index (κ1) is 21.0. The van der Waals surface area contributed by atoms with Crippen LogP contribution >= 0.6 is 0 Å². The van der Waals surface area contributed by atoms with Gasteiger partial charge in [0.15, 0.2) is 0 Å². The highest BCUT2D eigenvalue weighted by Gasteiger charge is 2.33. The Bertz CT molecular complexity index is 1040. The molecule has 1 aliphatic carbocycles. The molecule has 4 rings (SSSR count). The Balaban J connectivity index is 1.36. The maximum Gasteiger partial charge on any atom is 0.309 e. The average molecular weight is 432 g/mol. The Labute approximate surface area is 176 Å². The summed E-state index contributed by atoms with van der Waals surface area (Å²) < 4.78 is 46.4. The molecule has 0 aromatic heterocycles. The van der Waals surface area contributed by atoms with Crippen molar-refractivity contribution in [1.29, 1.82) is 0 Å². The van der Waals surface area contributed by atoms with Crippen LogP contribution in [0.15, 0.2) is 47.4 Å². The SMILES string of the molecule is C[C@H](OC(=O)C1CCN(S(=O)(=O)c2ccc3c(c2)CCC3)CC1)c1cccc(F)c1. The van der Waals surface area contributed by atoms with Gasteiger partial charge in [-0.05, 0) is 80.0 Å². The van der Waals surface area contributed by atoms with Gasteiger partial charge in [-0.3, -0.25) is 4.79 Å². The zero-order valence-corrected chi connectivity index (χ0v) is 17.8. The van der Waals surface area contributed by atoms with E-state index in [0.29, 0.717) is 23.3 Å². The van der Waals surface area contributed by atoms with Crippen molar-refractivity contribution in [3.8, 4) is 0 Å². The summed E-state index contributed by atoms with van der Waals surface area (Å²) in [7, 11) is -3.56. The number of esters is 1. The number of rotatable bonds is 5. The standard InChI is InChI=1S/C23H26FNO4S/c1-16(19-5-3-7-21(24)14-19)29-23(26)18-10-12-25(13-11-18)30(27,28)22-9-8-17-4-2-6-20(17)15-22/h3,5,7-9,14-16,18H,2,4,6,10-13H2,1H3/t16-/m0/s1. The van der Waals surface area contributed by atoms with Crippen LogP contribution in [0.2, 0.25) is 0 Å². The summed E-state index contributed by atoms with van der Waals surface area (Å²) in [6.45, 7) is 2.28. The summed E-state index contributed by atoms with van der Waals surface area (Å²) >= 11 is 0. The molecule has 1 fully saturated rings. The minimum atomic E-state index is -3.56. The monoisotopic (exact) mass is 431 g/mol. The van der Waals surface area contributed by atoms with Crippen LogP contribution in [0.5, 0.6) is 0 Å². The van der Waals surface area contributed by atoms with Crippen LogP contribution in [0.25, 0.3) is 0 Å². The van der Waals surface area contributed by atoms with E-state index in [1.165, 1.54) is 22.0 Å². The fourth-order valence-corrected chi connectivity index (χ4v) is 5.81. The number of hydrogen-bond donors (Lipinski definition) is 0. The number of piperidine rings is 1. The molecule has 5 nitrogen and oxygen atoms in total. The second kappa shape index (κ2) is 8.47. The summed E-state index contributed by atoms with van der Waals surface area (Å²) in [5, 5.41) is 0. The number of carbonyl (C=O) groups is 1. The predicted octanol–water partition coefficient (Wildman–Crippen LogP) is 4.02. The number of ether oxygens (including phenoxy) is 1. The molecule has 2 aliphatic rings. The van der Waals surface area contributed by atoms with Gasteiger partial charge in [-0.1, -0.05) is 18.2 Å². The van der Waals surface area contributed by atoms with E-state index in [-0.39, 0.29) is 30.8 Å². The normalized spacial score (nSPS) is 18.7. The summed E-state index contributed by atoms with van der Waals surface area (Å²) in [6, 6.07) is 11.4. The molecule has 0 N–H and O–H groups in total. The van der Waals surface area contributed by atoms with Crippen molar-refractivity contribution in [2.75, 3.05) is 13.1 Å². The van der Waals surface area contributed by atoms with E-state index in [1.54, 1.807) is 31.2 Å². The number of sulfonamides is 1. The quantitative estimate of drug-likeness (QED) is 0.671. The Kier molecular flexibility index (Phi) is 5.93. The maximum atomic E-state index is 13.4. The van der Waals surface area contributed by atoms with Crippen LogP contribution < -0.4 is 0 Å². The Morgan fingerprint density at radius 2 is 1.83 bits per heavy atom. The lowest BCUT2D eigenvalue weighted by Gasteiger charge is -2.30. The minimum Gasteiger partial charge on any atom is -0.458 e. The van der Waals surface area contributed by atoms with Gasteiger partial charge < -0.3 is 4.74 Å². The van der Waals surface area contributed by atoms with Gasteiger partial charge in [-0.2, -0.15) is 4.31 Å². The molecular formula is C23H26FNO4S. The molecule has 2 aromatic carbocycles. The van der Waals surface area contributed by atoms with Crippen LogP contribution in [0.1, 0.15) is 49.0 Å². The Hall–Kier alpha value is -2.25. The van der Waals surface area contributed by atoms with E-state index in [1.807, 2.05) is 6.07 Å². The van der Waals surface area contributed by atoms with Gasteiger partial charge in [0.25, 0.3) is 0 Å². The molecule has 0 bridgehead atoms. The Morgan fingerprint density at radius 3 is 2.57 bits per heavy atom. The summed E-state index contributed by atoms with van der Waals surface area (Å²) in [6.07, 6.45) is 3.28. The number of carbonyl (C=O) groups excluding carboxylic acids is 1. The van der Waals surface area contributed by atoms with Crippen LogP contribution in [0.3, 0.4) is 0 Å². The van der Waals surface area contributed by atoms with Gasteiger partial charge in [0.05, 0.1) is 10.8 Å². The lowest BCUT2D eigenvalue weighted by Crippen LogP contribution is -2.40. The predicted molar refractivity (Wildman–Crippen MR) is 111 cm³/mol. The molecule has 1 aliphatic heterocycles. The first-order chi connectivity index (χ1) is 14.3. The van der Waals surface area contributed by atoms with Crippen molar-refractivity contribution in [1.82, 2.24) is 4.31 Å². The molecule has 1 heterocycles. The third-order valence-corrected chi connectivity index (χ3v) is 8.00. The molecule has 0 saturated carbocycles. The van der Waals surface area contributed by atoms with E-state index >= 15 is 0 Å². The van der Waals surface area contributed by atoms with E-state index in [4.69, 9.17) is 4.74 Å². The summed E-state index contributed by atoms with van der Waals surface area (Å²) in [5.41, 5.74) is 2.96. The molecular weight excluding hydrogens is 405 g/mol. The van der Waals surface area contributed by atoms with Crippen LogP contribution in [-0.4, -0.2) is 31.8 Å². The van der Waals surface area contributed by atoms with E-state index in [2.05, 4.69) is 0 Å². The van der Waals surface area contributed by atoms with Gasteiger partial charge in [0, 0.05) is 13.1 Å². The number of hydrogen-bond acceptors (Lipinski definition) is 4. The highest BCUT2D eigenvalue weighted by Crippen LogP contribution is 2.29. The number of aryl methyl sites for hydroxylation is 2. The Morgan fingerprint density at radius 1 is 1.10 bits per heavy atom. The lowest BCUT2D eigenvalue weighted by molar-refractivity contribution is -0.155. The zero-order chi connectivity index (χ0) is 21.3. The van der Waals surface area contributed by atoms with Crippen LogP contribution in [0.4, 0.5) is 4.39 Å². The van der Waals surface area contributed by atoms with Crippen molar-refractivity contribution in [3.05, 3.63) is 65.0 Å². The van der Waals surface area contributed by atoms with Crippen molar-refractivity contribution in [2.24, 2.45) is 5.92 Å². The van der Waals surface area contributed by atoms with Crippen LogP contribution in [-0.2, 0) is 32.4 Å². The number of fused-ring (bicyclic) bond motifs is 1. The third kappa shape index (κ3) is 4.27. The number of halogens is 1. The largest absolute Gasteiger partial charge is 0.458 e. The maximum absolute atomic E-state index is 13.4. The second-order valence-corrected chi connectivity index (χ2v) is 10.0. The topological polar surface area (TPSA) is 63.7 Å². The third-order valence-electron chi connectivity index (χ3n) is 6.11. The minimum absolute atomic E-state index is 0.285. The van der Waals surface area contributed by atoms with Gasteiger partial charge in [0.1, 0.15) is 11.9 Å². The molecule has 1 atom stereocenters. The molecule has 30 heavy (non-hydrogen) atoms. The highest BCUT2D eigenvalue weighted by molar-refractivity contribution is 7.89. The molecule has 2 aromatic rings. The first-order valence-electron chi connectivity index (χ1n) is 10.4. The lowest BCUT2D eigenvalue weighted by atomic mass is 9.98. The molecule has 0 spiro atoms. The molecule has 0 unspecified atom stereocenters. The molecule has 160 valence electrons. The molecule has 1 saturated heterocycles. The molecule has 0 radical (unpaired) electrons. The van der Waals surface area contributed by atoms with Crippen molar-refractivity contribution < 1.29 is 22.3 Å². The highest BCUT2D eigenvalue weighted by atomic mass is 32.2. The fraction of sp³-hybridized carbons (Fsp3) is 0.435. The molecule has 7 heteroatoms. The number of nitrogens with zero attached hydrogens (tertiary/aromatic N) is 1. The smallest absolute Gasteiger partial charge is 0.309 e. The van der Waals surface area contributed by atoms with Crippen molar-refractivity contribution >= 4 is 16.0 Å². The van der Waals surface area contributed by atoms with Gasteiger partial charge in [-0.15, -0.1) is 0 Å². The first-order valence-corrected chi connectivity index (χ1v) is 11.9. The van der Waals surface area contributed by atoms with Gasteiger partial charge >= 0.3 is 5.97 Å². The van der Waals surface area contributed by atoms with E-state index in [9.17, 15) is 17.6 Å². The average Bonchev–Trinajstić information content (AvgIpc) is 3.21. The van der Waals surface area contributed by atoms with E-state index < -0.39 is 16.1 Å². The van der Waals surface area contributed by atoms with E-state index in [0.717, 1.165) is 24.8 Å². The summed E-state index contributed by atoms with van der Waals surface area (Å²) in [4.78, 5) is 12.9. The zero-order valence-electron chi connectivity index (χ0n) is 17.0. The van der Waals surface area contributed by atoms with Gasteiger partial charge in [0.2, 0.25) is 10.0 Å². The fourth-order valence-electron chi connectivity index (χ4n) is 4.29. The molecule has 0 amide bonds.